The van der Waals surface area contributed by atoms with Crippen molar-refractivity contribution in [1.29, 1.82) is 0 Å². The van der Waals surface area contributed by atoms with Crippen molar-refractivity contribution in [2.24, 2.45) is 5.92 Å². The molecule has 1 aromatic heterocycles. The molecule has 1 unspecified atom stereocenters. The second-order valence-electron chi connectivity index (χ2n) is 7.00. The Kier molecular flexibility index (Phi) is 4.36. The number of halogens is 1. The molecular weight excluding hydrogens is 333 g/mol. The monoisotopic (exact) mass is 355 g/mol. The molecule has 1 aliphatic rings. The maximum absolute atomic E-state index is 13.5. The van der Waals surface area contributed by atoms with E-state index in [4.69, 9.17) is 0 Å². The quantitative estimate of drug-likeness (QED) is 0.741. The molecule has 3 aromatic rings. The summed E-state index contributed by atoms with van der Waals surface area (Å²) in [6.45, 7) is 1.94. The van der Waals surface area contributed by atoms with Crippen molar-refractivity contribution in [3.05, 3.63) is 70.9 Å². The van der Waals surface area contributed by atoms with Gasteiger partial charge in [0.15, 0.2) is 0 Å². The van der Waals surface area contributed by atoms with Gasteiger partial charge in [-0.3, -0.25) is 0 Å². The van der Waals surface area contributed by atoms with Gasteiger partial charge in [0.2, 0.25) is 0 Å². The Morgan fingerprint density at radius 3 is 2.44 bits per heavy atom. The van der Waals surface area contributed by atoms with Gasteiger partial charge in [0, 0.05) is 9.58 Å². The lowest BCUT2D eigenvalue weighted by Gasteiger charge is -2.40. The number of aliphatic hydroxyl groups is 1. The second kappa shape index (κ2) is 6.52. The lowest BCUT2D eigenvalue weighted by atomic mass is 9.75. The Bertz CT molecular complexity index is 834. The van der Waals surface area contributed by atoms with Gasteiger partial charge in [-0.25, -0.2) is 4.39 Å². The van der Waals surface area contributed by atoms with Crippen LogP contribution in [-0.2, 0) is 5.60 Å². The van der Waals surface area contributed by atoms with Crippen molar-refractivity contribution >= 4 is 21.4 Å². The molecule has 25 heavy (non-hydrogen) atoms. The molecule has 0 saturated carbocycles. The third-order valence-electron chi connectivity index (χ3n) is 5.39. The van der Waals surface area contributed by atoms with E-state index in [-0.39, 0.29) is 11.7 Å². The topological polar surface area (TPSA) is 23.5 Å². The van der Waals surface area contributed by atoms with Gasteiger partial charge in [-0.15, -0.1) is 11.3 Å². The van der Waals surface area contributed by atoms with Crippen LogP contribution in [0.1, 0.15) is 23.3 Å². The SMILES string of the molecule is CN1CCC(C(O)(c2ccc(F)cc2)c2cc3ccccc3s2)CC1. The first kappa shape index (κ1) is 16.7. The summed E-state index contributed by atoms with van der Waals surface area (Å²) in [5.74, 6) is -0.145. The summed E-state index contributed by atoms with van der Waals surface area (Å²) in [4.78, 5) is 3.25. The number of hydrogen-bond donors (Lipinski definition) is 1. The van der Waals surface area contributed by atoms with E-state index in [0.29, 0.717) is 0 Å². The molecule has 130 valence electrons. The first-order valence-electron chi connectivity index (χ1n) is 8.73. The van der Waals surface area contributed by atoms with Gasteiger partial charge >= 0.3 is 0 Å². The average Bonchev–Trinajstić information content (AvgIpc) is 3.07. The zero-order valence-corrected chi connectivity index (χ0v) is 15.1. The number of hydrogen-bond acceptors (Lipinski definition) is 3. The lowest BCUT2D eigenvalue weighted by molar-refractivity contribution is -0.00793. The van der Waals surface area contributed by atoms with Gasteiger partial charge < -0.3 is 10.0 Å². The summed E-state index contributed by atoms with van der Waals surface area (Å²) in [5.41, 5.74) is -0.284. The van der Waals surface area contributed by atoms with Crippen LogP contribution in [0.4, 0.5) is 4.39 Å². The maximum atomic E-state index is 13.5. The van der Waals surface area contributed by atoms with Gasteiger partial charge in [-0.2, -0.15) is 0 Å². The number of nitrogens with zero attached hydrogens (tertiary/aromatic N) is 1. The van der Waals surface area contributed by atoms with E-state index >= 15 is 0 Å². The van der Waals surface area contributed by atoms with Crippen molar-refractivity contribution in [3.8, 4) is 0 Å². The van der Waals surface area contributed by atoms with Gasteiger partial charge in [0.25, 0.3) is 0 Å². The minimum atomic E-state index is -1.07. The predicted molar refractivity (Wildman–Crippen MR) is 101 cm³/mol. The number of thiophene rings is 1. The van der Waals surface area contributed by atoms with Crippen LogP contribution in [0.2, 0.25) is 0 Å². The van der Waals surface area contributed by atoms with Gasteiger partial charge in [-0.05, 0) is 74.1 Å². The van der Waals surface area contributed by atoms with E-state index in [0.717, 1.165) is 41.8 Å². The molecule has 0 radical (unpaired) electrons. The van der Waals surface area contributed by atoms with Crippen LogP contribution in [0.15, 0.2) is 54.6 Å². The highest BCUT2D eigenvalue weighted by atomic mass is 32.1. The maximum Gasteiger partial charge on any atom is 0.127 e. The average molecular weight is 355 g/mol. The van der Waals surface area contributed by atoms with Crippen LogP contribution in [0.3, 0.4) is 0 Å². The zero-order chi connectivity index (χ0) is 17.4. The van der Waals surface area contributed by atoms with Crippen molar-refractivity contribution in [3.63, 3.8) is 0 Å². The molecule has 0 spiro atoms. The normalized spacial score (nSPS) is 19.2. The molecule has 2 aromatic carbocycles. The van der Waals surface area contributed by atoms with Gasteiger partial charge in [0.05, 0.1) is 0 Å². The van der Waals surface area contributed by atoms with Crippen molar-refractivity contribution < 1.29 is 9.50 Å². The summed E-state index contributed by atoms with van der Waals surface area (Å²) in [7, 11) is 2.12. The number of rotatable bonds is 3. The number of fused-ring (bicyclic) bond motifs is 1. The van der Waals surface area contributed by atoms with Crippen LogP contribution in [0, 0.1) is 11.7 Å². The van der Waals surface area contributed by atoms with Crippen LogP contribution in [0.25, 0.3) is 10.1 Å². The smallest absolute Gasteiger partial charge is 0.127 e. The molecule has 1 atom stereocenters. The molecule has 1 aliphatic heterocycles. The molecule has 2 nitrogen and oxygen atoms in total. The van der Waals surface area contributed by atoms with E-state index in [1.54, 1.807) is 23.5 Å². The van der Waals surface area contributed by atoms with Gasteiger partial charge in [0.1, 0.15) is 11.4 Å². The molecule has 0 bridgehead atoms. The predicted octanol–water partition coefficient (Wildman–Crippen LogP) is 4.62. The summed E-state index contributed by atoms with van der Waals surface area (Å²) in [6, 6.07) is 16.7. The van der Waals surface area contributed by atoms with E-state index < -0.39 is 5.60 Å². The molecule has 4 rings (SSSR count). The first-order chi connectivity index (χ1) is 12.1. The Morgan fingerprint density at radius 2 is 1.76 bits per heavy atom. The van der Waals surface area contributed by atoms with Crippen molar-refractivity contribution in [2.45, 2.75) is 18.4 Å². The fraction of sp³-hybridized carbons (Fsp3) is 0.333. The minimum absolute atomic E-state index is 0.127. The third kappa shape index (κ3) is 2.99. The zero-order valence-electron chi connectivity index (χ0n) is 14.3. The Balaban J connectivity index is 1.83. The van der Waals surface area contributed by atoms with Crippen LogP contribution < -0.4 is 0 Å². The molecular formula is C21H22FNOS. The van der Waals surface area contributed by atoms with E-state index in [2.05, 4.69) is 30.1 Å². The van der Waals surface area contributed by atoms with Crippen LogP contribution >= 0.6 is 11.3 Å². The summed E-state index contributed by atoms with van der Waals surface area (Å²) < 4.78 is 14.6. The second-order valence-corrected chi connectivity index (χ2v) is 8.08. The van der Waals surface area contributed by atoms with Gasteiger partial charge in [-0.1, -0.05) is 30.3 Å². The molecule has 1 fully saturated rings. The highest BCUT2D eigenvalue weighted by Gasteiger charge is 2.42. The highest BCUT2D eigenvalue weighted by molar-refractivity contribution is 7.19. The largest absolute Gasteiger partial charge is 0.379 e. The summed E-state index contributed by atoms with van der Waals surface area (Å²) in [6.07, 6.45) is 1.86. The lowest BCUT2D eigenvalue weighted by Crippen LogP contribution is -2.42. The Labute approximate surface area is 151 Å². The number of likely N-dealkylation sites (tertiary alicyclic amines) is 1. The van der Waals surface area contributed by atoms with Crippen molar-refractivity contribution in [1.82, 2.24) is 4.90 Å². The number of piperidine rings is 1. The summed E-state index contributed by atoms with van der Waals surface area (Å²) in [5, 5.41) is 13.1. The van der Waals surface area contributed by atoms with E-state index in [1.165, 1.54) is 16.8 Å². The summed E-state index contributed by atoms with van der Waals surface area (Å²) >= 11 is 1.64. The third-order valence-corrected chi connectivity index (χ3v) is 6.64. The molecule has 0 amide bonds. The van der Waals surface area contributed by atoms with E-state index in [9.17, 15) is 9.50 Å². The van der Waals surface area contributed by atoms with Crippen molar-refractivity contribution in [2.75, 3.05) is 20.1 Å². The Morgan fingerprint density at radius 1 is 1.08 bits per heavy atom. The molecule has 2 heterocycles. The fourth-order valence-electron chi connectivity index (χ4n) is 3.88. The minimum Gasteiger partial charge on any atom is -0.379 e. The number of benzene rings is 2. The van der Waals surface area contributed by atoms with Crippen LogP contribution in [-0.4, -0.2) is 30.1 Å². The fourth-order valence-corrected chi connectivity index (χ4v) is 5.13. The highest BCUT2D eigenvalue weighted by Crippen LogP contribution is 2.45. The molecule has 4 heteroatoms. The first-order valence-corrected chi connectivity index (χ1v) is 9.55. The standard InChI is InChI=1S/C21H22FNOS/c1-23-12-10-17(11-13-23)21(24,16-6-8-18(22)9-7-16)20-14-15-4-2-3-5-19(15)25-20/h2-9,14,17,24H,10-13H2,1H3. The molecule has 1 N–H and O–H groups in total. The molecule has 1 saturated heterocycles. The van der Waals surface area contributed by atoms with E-state index in [1.807, 2.05) is 12.1 Å². The van der Waals surface area contributed by atoms with Crippen LogP contribution in [0.5, 0.6) is 0 Å². The Hall–Kier alpha value is -1.75. The molecule has 0 aliphatic carbocycles.